The van der Waals surface area contributed by atoms with Crippen LogP contribution in [-0.2, 0) is 14.3 Å². The predicted molar refractivity (Wildman–Crippen MR) is 97.3 cm³/mol. The lowest BCUT2D eigenvalue weighted by Crippen LogP contribution is -2.38. The molecule has 0 saturated heterocycles. The Hall–Kier alpha value is -2.91. The van der Waals surface area contributed by atoms with Crippen molar-refractivity contribution in [2.24, 2.45) is 0 Å². The van der Waals surface area contributed by atoms with Gasteiger partial charge in [-0.15, -0.1) is 0 Å². The first-order valence-corrected chi connectivity index (χ1v) is 8.72. The number of hydrogen-bond acceptors (Lipinski definition) is 7. The van der Waals surface area contributed by atoms with Crippen LogP contribution in [0.25, 0.3) is 0 Å². The number of hydrogen-bond donors (Lipinski definition) is 1. The molecule has 0 saturated carbocycles. The number of benzene rings is 1. The van der Waals surface area contributed by atoms with Crippen LogP contribution in [-0.4, -0.2) is 46.4 Å². The van der Waals surface area contributed by atoms with Crippen LogP contribution in [0.1, 0.15) is 33.4 Å². The molecule has 0 fully saturated rings. The SMILES string of the molecule is Cc1cc(NC(=O)C(C)OC(=O)CN2C(=O)c3cc(Cl)c(Cl)cc3C2=O)no1. The van der Waals surface area contributed by atoms with Crippen molar-refractivity contribution in [3.05, 3.63) is 45.1 Å². The standard InChI is InChI=1S/C17H13Cl2N3O6/c1-7-3-13(21-28-7)20-15(24)8(2)27-14(23)6-22-16(25)9-4-11(18)12(19)5-10(9)17(22)26/h3-5,8H,6H2,1-2H3,(H,20,21,24). The molecule has 1 unspecified atom stereocenters. The normalized spacial score (nSPS) is 14.1. The third-order valence-electron chi connectivity index (χ3n) is 3.86. The minimum Gasteiger partial charge on any atom is -0.451 e. The van der Waals surface area contributed by atoms with Gasteiger partial charge in [-0.1, -0.05) is 28.4 Å². The van der Waals surface area contributed by atoms with Gasteiger partial charge in [0.1, 0.15) is 12.3 Å². The molecule has 1 N–H and O–H groups in total. The van der Waals surface area contributed by atoms with E-state index in [2.05, 4.69) is 10.5 Å². The van der Waals surface area contributed by atoms with Crippen molar-refractivity contribution >= 4 is 52.7 Å². The smallest absolute Gasteiger partial charge is 0.326 e. The number of fused-ring (bicyclic) bond motifs is 1. The van der Waals surface area contributed by atoms with E-state index < -0.39 is 36.3 Å². The van der Waals surface area contributed by atoms with E-state index in [9.17, 15) is 19.2 Å². The zero-order chi connectivity index (χ0) is 20.6. The van der Waals surface area contributed by atoms with Crippen molar-refractivity contribution in [2.45, 2.75) is 20.0 Å². The Bertz CT molecular complexity index is 962. The Balaban J connectivity index is 1.62. The van der Waals surface area contributed by atoms with Crippen LogP contribution in [0.5, 0.6) is 0 Å². The van der Waals surface area contributed by atoms with Gasteiger partial charge in [-0.05, 0) is 26.0 Å². The lowest BCUT2D eigenvalue weighted by Gasteiger charge is -2.16. The highest BCUT2D eigenvalue weighted by Crippen LogP contribution is 2.31. The number of aromatic nitrogens is 1. The number of aryl methyl sites for hydroxylation is 1. The van der Waals surface area contributed by atoms with Crippen molar-refractivity contribution < 1.29 is 28.4 Å². The maximum Gasteiger partial charge on any atom is 0.326 e. The molecule has 146 valence electrons. The number of imide groups is 1. The summed E-state index contributed by atoms with van der Waals surface area (Å²) in [5.74, 6) is -2.34. The molecular formula is C17H13Cl2N3O6. The summed E-state index contributed by atoms with van der Waals surface area (Å²) in [6.07, 6.45) is -1.19. The molecule has 2 aromatic rings. The Labute approximate surface area is 168 Å². The number of nitrogens with zero attached hydrogens (tertiary/aromatic N) is 2. The summed E-state index contributed by atoms with van der Waals surface area (Å²) < 4.78 is 9.80. The average Bonchev–Trinajstić information content (AvgIpc) is 3.13. The molecule has 11 heteroatoms. The topological polar surface area (TPSA) is 119 Å². The van der Waals surface area contributed by atoms with Gasteiger partial charge in [0.25, 0.3) is 17.7 Å². The Morgan fingerprint density at radius 2 is 1.75 bits per heavy atom. The number of rotatable bonds is 5. The van der Waals surface area contributed by atoms with E-state index in [0.717, 1.165) is 0 Å². The Morgan fingerprint density at radius 3 is 2.25 bits per heavy atom. The number of esters is 1. The molecule has 9 nitrogen and oxygen atoms in total. The Morgan fingerprint density at radius 1 is 1.18 bits per heavy atom. The molecule has 0 bridgehead atoms. The van der Waals surface area contributed by atoms with Gasteiger partial charge in [-0.2, -0.15) is 0 Å². The zero-order valence-electron chi connectivity index (χ0n) is 14.6. The van der Waals surface area contributed by atoms with Crippen LogP contribution in [0.4, 0.5) is 5.82 Å². The largest absolute Gasteiger partial charge is 0.451 e. The summed E-state index contributed by atoms with van der Waals surface area (Å²) in [4.78, 5) is 49.6. The molecule has 3 rings (SSSR count). The van der Waals surface area contributed by atoms with Gasteiger partial charge in [0.05, 0.1) is 21.2 Å². The van der Waals surface area contributed by atoms with E-state index in [-0.39, 0.29) is 27.0 Å². The van der Waals surface area contributed by atoms with Crippen LogP contribution in [0.3, 0.4) is 0 Å². The average molecular weight is 426 g/mol. The summed E-state index contributed by atoms with van der Waals surface area (Å²) in [6.45, 7) is 2.32. The molecule has 1 atom stereocenters. The summed E-state index contributed by atoms with van der Waals surface area (Å²) in [6, 6.07) is 4.02. The molecule has 3 amide bonds. The number of nitrogens with one attached hydrogen (secondary N) is 1. The first kappa shape index (κ1) is 19.8. The predicted octanol–water partition coefficient (Wildman–Crippen LogP) is 2.46. The molecule has 0 radical (unpaired) electrons. The minimum atomic E-state index is -1.19. The van der Waals surface area contributed by atoms with Gasteiger partial charge < -0.3 is 14.6 Å². The third kappa shape index (κ3) is 3.85. The fraction of sp³-hybridized carbons (Fsp3) is 0.235. The second-order valence-electron chi connectivity index (χ2n) is 5.95. The summed E-state index contributed by atoms with van der Waals surface area (Å²) in [7, 11) is 0. The number of carbonyl (C=O) groups excluding carboxylic acids is 4. The molecule has 1 aromatic carbocycles. The van der Waals surface area contributed by atoms with Crippen molar-refractivity contribution in [3.8, 4) is 0 Å². The summed E-state index contributed by atoms with van der Waals surface area (Å²) in [5.41, 5.74) is 0.0822. The summed E-state index contributed by atoms with van der Waals surface area (Å²) in [5, 5.41) is 6.22. The van der Waals surface area contributed by atoms with Gasteiger partial charge in [0.2, 0.25) is 0 Å². The fourth-order valence-corrected chi connectivity index (χ4v) is 2.82. The number of anilines is 1. The minimum absolute atomic E-state index is 0.0411. The van der Waals surface area contributed by atoms with Crippen molar-refractivity contribution in [1.82, 2.24) is 10.1 Å². The van der Waals surface area contributed by atoms with Crippen LogP contribution >= 0.6 is 23.2 Å². The number of halogens is 2. The van der Waals surface area contributed by atoms with Crippen molar-refractivity contribution in [3.63, 3.8) is 0 Å². The molecular weight excluding hydrogens is 413 g/mol. The maximum absolute atomic E-state index is 12.4. The molecule has 2 heterocycles. The number of ether oxygens (including phenoxy) is 1. The van der Waals surface area contributed by atoms with Crippen LogP contribution in [0, 0.1) is 6.92 Å². The monoisotopic (exact) mass is 425 g/mol. The van der Waals surface area contributed by atoms with E-state index in [4.69, 9.17) is 32.5 Å². The Kier molecular flexibility index (Phi) is 5.39. The molecule has 0 aliphatic carbocycles. The molecule has 0 spiro atoms. The number of amides is 3. The lowest BCUT2D eigenvalue weighted by molar-refractivity contribution is -0.153. The van der Waals surface area contributed by atoms with E-state index in [1.54, 1.807) is 6.92 Å². The van der Waals surface area contributed by atoms with Gasteiger partial charge in [0.15, 0.2) is 11.9 Å². The van der Waals surface area contributed by atoms with E-state index in [0.29, 0.717) is 10.7 Å². The lowest BCUT2D eigenvalue weighted by atomic mass is 10.1. The van der Waals surface area contributed by atoms with Crippen molar-refractivity contribution in [1.29, 1.82) is 0 Å². The fourth-order valence-electron chi connectivity index (χ4n) is 2.50. The van der Waals surface area contributed by atoms with E-state index in [1.165, 1.54) is 25.1 Å². The highest BCUT2D eigenvalue weighted by atomic mass is 35.5. The maximum atomic E-state index is 12.4. The molecule has 1 aliphatic heterocycles. The first-order chi connectivity index (χ1) is 13.2. The quantitative estimate of drug-likeness (QED) is 0.576. The van der Waals surface area contributed by atoms with Gasteiger partial charge in [-0.3, -0.25) is 24.1 Å². The van der Waals surface area contributed by atoms with Gasteiger partial charge in [-0.25, -0.2) is 0 Å². The van der Waals surface area contributed by atoms with Gasteiger partial charge in [0, 0.05) is 6.07 Å². The van der Waals surface area contributed by atoms with Crippen LogP contribution in [0.15, 0.2) is 22.7 Å². The first-order valence-electron chi connectivity index (χ1n) is 7.96. The second kappa shape index (κ2) is 7.61. The zero-order valence-corrected chi connectivity index (χ0v) is 16.1. The highest BCUT2D eigenvalue weighted by molar-refractivity contribution is 6.43. The van der Waals surface area contributed by atoms with Crippen LogP contribution < -0.4 is 5.32 Å². The third-order valence-corrected chi connectivity index (χ3v) is 4.58. The molecule has 1 aliphatic rings. The van der Waals surface area contributed by atoms with Gasteiger partial charge >= 0.3 is 5.97 Å². The highest BCUT2D eigenvalue weighted by Gasteiger charge is 2.38. The summed E-state index contributed by atoms with van der Waals surface area (Å²) >= 11 is 11.7. The molecule has 1 aromatic heterocycles. The van der Waals surface area contributed by atoms with Crippen molar-refractivity contribution in [2.75, 3.05) is 11.9 Å². The van der Waals surface area contributed by atoms with Crippen LogP contribution in [0.2, 0.25) is 10.0 Å². The molecule has 28 heavy (non-hydrogen) atoms. The number of carbonyl (C=O) groups is 4. The second-order valence-corrected chi connectivity index (χ2v) is 6.77. The van der Waals surface area contributed by atoms with E-state index >= 15 is 0 Å². The van der Waals surface area contributed by atoms with E-state index in [1.807, 2.05) is 0 Å².